The molecule has 0 fully saturated rings. The van der Waals surface area contributed by atoms with Crippen LogP contribution >= 0.6 is 0 Å². The van der Waals surface area contributed by atoms with Gasteiger partial charge in [0.05, 0.1) is 0 Å². The number of benzene rings is 2. The van der Waals surface area contributed by atoms with Crippen molar-refractivity contribution in [3.05, 3.63) is 59.2 Å². The average molecular weight is 424 g/mol. The van der Waals surface area contributed by atoms with Gasteiger partial charge in [-0.3, -0.25) is 0 Å². The van der Waals surface area contributed by atoms with Crippen LogP contribution in [0.2, 0.25) is 0 Å². The molecule has 3 rings (SSSR count). The molecule has 1 heterocycles. The van der Waals surface area contributed by atoms with Crippen LogP contribution in [0.4, 0.5) is 5.69 Å². The smallest absolute Gasteiger partial charge is 0.248 e. The summed E-state index contributed by atoms with van der Waals surface area (Å²) in [5.74, 6) is 0.832. The van der Waals surface area contributed by atoms with E-state index in [2.05, 4.69) is 36.9 Å². The van der Waals surface area contributed by atoms with Gasteiger partial charge in [-0.05, 0) is 53.9 Å². The van der Waals surface area contributed by atoms with E-state index in [1.165, 1.54) is 5.69 Å². The van der Waals surface area contributed by atoms with Crippen LogP contribution in [-0.4, -0.2) is 21.5 Å². The van der Waals surface area contributed by atoms with E-state index in [-0.39, 0.29) is 5.76 Å². The number of nitrogens with zero attached hydrogens (tertiary/aromatic N) is 2. The van der Waals surface area contributed by atoms with Crippen molar-refractivity contribution < 1.29 is 12.8 Å². The Morgan fingerprint density at radius 3 is 2.37 bits per heavy atom. The van der Waals surface area contributed by atoms with E-state index in [4.69, 9.17) is 14.8 Å². The number of nitrogens with two attached hydrogens (primary N) is 1. The molecule has 2 N–H and O–H groups in total. The maximum atomic E-state index is 11.4. The Labute approximate surface area is 177 Å². The van der Waals surface area contributed by atoms with Gasteiger partial charge in [0.15, 0.2) is 4.91 Å². The third-order valence-corrected chi connectivity index (χ3v) is 5.60. The summed E-state index contributed by atoms with van der Waals surface area (Å²) in [7, 11) is -4.08. The molecule has 0 radical (unpaired) electrons. The summed E-state index contributed by atoms with van der Waals surface area (Å²) in [5.41, 5.74) is 2.08. The molecule has 7 heteroatoms. The van der Waals surface area contributed by atoms with Crippen LogP contribution in [0.25, 0.3) is 28.2 Å². The molecule has 0 spiro atoms. The maximum Gasteiger partial charge on any atom is 0.248 e. The number of furan rings is 1. The Bertz CT molecular complexity index is 1210. The second-order valence-corrected chi connectivity index (χ2v) is 8.63. The van der Waals surface area contributed by atoms with Crippen molar-refractivity contribution in [2.24, 2.45) is 5.14 Å². The van der Waals surface area contributed by atoms with Gasteiger partial charge in [-0.25, -0.2) is 13.6 Å². The van der Waals surface area contributed by atoms with Crippen molar-refractivity contribution in [3.63, 3.8) is 0 Å². The summed E-state index contributed by atoms with van der Waals surface area (Å²) >= 11 is 0. The first-order valence-electron chi connectivity index (χ1n) is 9.89. The molecule has 0 amide bonds. The van der Waals surface area contributed by atoms with Gasteiger partial charge < -0.3 is 9.32 Å². The lowest BCUT2D eigenvalue weighted by Gasteiger charge is -2.24. The SMILES string of the molecule is CCCN(CCC)c1ccc2cc(-c3ccc(/C=C(\C#N)S(N)(=O)=O)o3)ccc2c1. The highest BCUT2D eigenvalue weighted by molar-refractivity contribution is 7.93. The van der Waals surface area contributed by atoms with Crippen molar-refractivity contribution in [3.8, 4) is 17.4 Å². The molecular weight excluding hydrogens is 398 g/mol. The van der Waals surface area contributed by atoms with E-state index in [1.54, 1.807) is 18.2 Å². The number of nitriles is 1. The monoisotopic (exact) mass is 423 g/mol. The first-order valence-corrected chi connectivity index (χ1v) is 11.4. The average Bonchev–Trinajstić information content (AvgIpc) is 3.19. The lowest BCUT2D eigenvalue weighted by molar-refractivity contribution is 0.571. The molecule has 0 bridgehead atoms. The van der Waals surface area contributed by atoms with Gasteiger partial charge in [0, 0.05) is 30.4 Å². The molecule has 3 aromatic rings. The van der Waals surface area contributed by atoms with Gasteiger partial charge in [-0.2, -0.15) is 5.26 Å². The Balaban J connectivity index is 1.92. The molecule has 0 aliphatic carbocycles. The minimum Gasteiger partial charge on any atom is -0.457 e. The van der Waals surface area contributed by atoms with E-state index in [0.29, 0.717) is 5.76 Å². The summed E-state index contributed by atoms with van der Waals surface area (Å²) < 4.78 is 28.5. The number of hydrogen-bond donors (Lipinski definition) is 1. The van der Waals surface area contributed by atoms with E-state index < -0.39 is 14.9 Å². The zero-order valence-electron chi connectivity index (χ0n) is 17.1. The van der Waals surface area contributed by atoms with Crippen molar-refractivity contribution in [1.82, 2.24) is 0 Å². The van der Waals surface area contributed by atoms with Crippen molar-refractivity contribution in [2.45, 2.75) is 26.7 Å². The van der Waals surface area contributed by atoms with Crippen LogP contribution < -0.4 is 10.0 Å². The van der Waals surface area contributed by atoms with E-state index in [9.17, 15) is 8.42 Å². The first-order chi connectivity index (χ1) is 14.4. The molecule has 0 aliphatic heterocycles. The van der Waals surface area contributed by atoms with E-state index in [1.807, 2.05) is 18.2 Å². The highest BCUT2D eigenvalue weighted by atomic mass is 32.2. The maximum absolute atomic E-state index is 11.4. The Morgan fingerprint density at radius 1 is 1.07 bits per heavy atom. The quantitative estimate of drug-likeness (QED) is 0.521. The normalized spacial score (nSPS) is 12.1. The van der Waals surface area contributed by atoms with Gasteiger partial charge in [0.2, 0.25) is 10.0 Å². The fourth-order valence-electron chi connectivity index (χ4n) is 3.39. The molecule has 2 aromatic carbocycles. The number of hydrogen-bond acceptors (Lipinski definition) is 5. The predicted octanol–water partition coefficient (Wildman–Crippen LogP) is 4.88. The zero-order chi connectivity index (χ0) is 21.7. The number of fused-ring (bicyclic) bond motifs is 1. The molecule has 156 valence electrons. The number of anilines is 1. The van der Waals surface area contributed by atoms with Gasteiger partial charge in [0.25, 0.3) is 0 Å². The molecule has 1 aromatic heterocycles. The van der Waals surface area contributed by atoms with Crippen molar-refractivity contribution in [1.29, 1.82) is 5.26 Å². The Kier molecular flexibility index (Phi) is 6.60. The topological polar surface area (TPSA) is 100 Å². The third-order valence-electron chi connectivity index (χ3n) is 4.78. The highest BCUT2D eigenvalue weighted by Gasteiger charge is 2.13. The number of primary sulfonamides is 1. The largest absolute Gasteiger partial charge is 0.457 e. The predicted molar refractivity (Wildman–Crippen MR) is 121 cm³/mol. The van der Waals surface area contributed by atoms with Crippen LogP contribution in [-0.2, 0) is 10.0 Å². The molecule has 0 aliphatic rings. The van der Waals surface area contributed by atoms with Gasteiger partial charge in [-0.15, -0.1) is 0 Å². The minimum atomic E-state index is -4.08. The number of allylic oxidation sites excluding steroid dienone is 1. The van der Waals surface area contributed by atoms with Gasteiger partial charge in [-0.1, -0.05) is 32.0 Å². The van der Waals surface area contributed by atoms with Crippen LogP contribution in [0, 0.1) is 11.3 Å². The van der Waals surface area contributed by atoms with Gasteiger partial charge >= 0.3 is 0 Å². The van der Waals surface area contributed by atoms with Crippen molar-refractivity contribution >= 4 is 32.6 Å². The Hall–Kier alpha value is -3.08. The fraction of sp³-hybridized carbons (Fsp3) is 0.261. The second-order valence-electron chi connectivity index (χ2n) is 7.10. The summed E-state index contributed by atoms with van der Waals surface area (Å²) in [6, 6.07) is 17.4. The summed E-state index contributed by atoms with van der Waals surface area (Å²) in [4.78, 5) is 1.86. The fourth-order valence-corrected chi connectivity index (χ4v) is 3.79. The summed E-state index contributed by atoms with van der Waals surface area (Å²) in [6.45, 7) is 6.43. The highest BCUT2D eigenvalue weighted by Crippen LogP contribution is 2.29. The van der Waals surface area contributed by atoms with Gasteiger partial charge in [0.1, 0.15) is 17.6 Å². The lowest BCUT2D eigenvalue weighted by Crippen LogP contribution is -2.24. The minimum absolute atomic E-state index is 0.251. The lowest BCUT2D eigenvalue weighted by atomic mass is 10.0. The molecule has 0 atom stereocenters. The van der Waals surface area contributed by atoms with Crippen LogP contribution in [0.3, 0.4) is 0 Å². The summed E-state index contributed by atoms with van der Waals surface area (Å²) in [6.07, 6.45) is 3.33. The zero-order valence-corrected chi connectivity index (χ0v) is 17.9. The van der Waals surface area contributed by atoms with E-state index >= 15 is 0 Å². The molecule has 0 saturated carbocycles. The van der Waals surface area contributed by atoms with Crippen LogP contribution in [0.1, 0.15) is 32.4 Å². The molecule has 0 unspecified atom stereocenters. The number of sulfonamides is 1. The van der Waals surface area contributed by atoms with Crippen molar-refractivity contribution in [2.75, 3.05) is 18.0 Å². The second kappa shape index (κ2) is 9.16. The molecule has 0 saturated heterocycles. The molecule has 30 heavy (non-hydrogen) atoms. The standard InChI is InChI=1S/C23H25N3O3S/c1-3-11-26(12-4-2)20-8-7-17-13-19(6-5-18(17)14-20)23-10-9-21(29-23)15-22(16-24)30(25,27)28/h5-10,13-15H,3-4,11-12H2,1-2H3,(H2,25,27,28)/b22-15+. The first kappa shape index (κ1) is 21.6. The van der Waals surface area contributed by atoms with E-state index in [0.717, 1.165) is 48.3 Å². The third kappa shape index (κ3) is 4.90. The molecule has 6 nitrogen and oxygen atoms in total. The van der Waals surface area contributed by atoms with Crippen LogP contribution in [0.5, 0.6) is 0 Å². The number of rotatable bonds is 8. The molecular formula is C23H25N3O3S. The summed E-state index contributed by atoms with van der Waals surface area (Å²) in [5, 5.41) is 16.2. The Morgan fingerprint density at radius 2 is 1.73 bits per heavy atom. The van der Waals surface area contributed by atoms with Crippen LogP contribution in [0.15, 0.2) is 57.9 Å².